The Bertz CT molecular complexity index is 304. The van der Waals surface area contributed by atoms with E-state index in [1.807, 2.05) is 0 Å². The molecule has 0 heterocycles. The summed E-state index contributed by atoms with van der Waals surface area (Å²) in [4.78, 5) is 15.1. The average molecular weight is 401 g/mol. The second-order valence-corrected chi connectivity index (χ2v) is 5.30. The third-order valence-electron chi connectivity index (χ3n) is 2.78. The van der Waals surface area contributed by atoms with E-state index in [-0.39, 0.29) is 41.5 Å². The maximum Gasteiger partial charge on any atom is 0.307 e. The molecular formula is C13H28IN3O3. The van der Waals surface area contributed by atoms with Crippen molar-refractivity contribution < 1.29 is 14.3 Å². The van der Waals surface area contributed by atoms with Crippen LogP contribution in [0.2, 0.25) is 0 Å². The summed E-state index contributed by atoms with van der Waals surface area (Å²) in [5, 5.41) is 6.23. The topological polar surface area (TPSA) is 72.0 Å². The standard InChI is InChI=1S/C13H27N3O3.HI/c1-13(2,3)10(18-5)9-16-12(14-4)15-8-7-11(17)19-6;/h10H,7-9H2,1-6H3,(H2,14,15,16);1H. The van der Waals surface area contributed by atoms with Crippen LogP contribution in [-0.4, -0.2) is 52.4 Å². The highest BCUT2D eigenvalue weighted by atomic mass is 127. The van der Waals surface area contributed by atoms with Crippen molar-refractivity contribution >= 4 is 35.9 Å². The number of carbonyl (C=O) groups is 1. The van der Waals surface area contributed by atoms with Gasteiger partial charge in [0.2, 0.25) is 0 Å². The van der Waals surface area contributed by atoms with Crippen molar-refractivity contribution in [3.8, 4) is 0 Å². The highest BCUT2D eigenvalue weighted by molar-refractivity contribution is 14.0. The predicted octanol–water partition coefficient (Wildman–Crippen LogP) is 1.39. The molecule has 0 aromatic rings. The number of rotatable bonds is 6. The van der Waals surface area contributed by atoms with Crippen LogP contribution in [0.4, 0.5) is 0 Å². The first kappa shape index (κ1) is 21.7. The van der Waals surface area contributed by atoms with Gasteiger partial charge in [0, 0.05) is 27.2 Å². The Labute approximate surface area is 139 Å². The Morgan fingerprint density at radius 1 is 1.25 bits per heavy atom. The van der Waals surface area contributed by atoms with Crippen LogP contribution in [0.15, 0.2) is 4.99 Å². The molecule has 2 N–H and O–H groups in total. The van der Waals surface area contributed by atoms with Gasteiger partial charge in [-0.3, -0.25) is 9.79 Å². The van der Waals surface area contributed by atoms with E-state index < -0.39 is 0 Å². The molecule has 20 heavy (non-hydrogen) atoms. The Balaban J connectivity index is 0. The fourth-order valence-electron chi connectivity index (χ4n) is 1.54. The van der Waals surface area contributed by atoms with Crippen molar-refractivity contribution in [3.05, 3.63) is 0 Å². The molecule has 0 aromatic carbocycles. The van der Waals surface area contributed by atoms with Gasteiger partial charge in [-0.1, -0.05) is 20.8 Å². The van der Waals surface area contributed by atoms with Gasteiger partial charge in [0.15, 0.2) is 5.96 Å². The summed E-state index contributed by atoms with van der Waals surface area (Å²) in [6.45, 7) is 7.50. The third kappa shape index (κ3) is 9.35. The largest absolute Gasteiger partial charge is 0.469 e. The van der Waals surface area contributed by atoms with E-state index in [1.54, 1.807) is 14.2 Å². The minimum Gasteiger partial charge on any atom is -0.469 e. The summed E-state index contributed by atoms with van der Waals surface area (Å²) in [7, 11) is 4.76. The van der Waals surface area contributed by atoms with E-state index in [0.29, 0.717) is 25.5 Å². The van der Waals surface area contributed by atoms with Crippen LogP contribution in [0.1, 0.15) is 27.2 Å². The van der Waals surface area contributed by atoms with Crippen LogP contribution in [0.25, 0.3) is 0 Å². The van der Waals surface area contributed by atoms with Crippen LogP contribution >= 0.6 is 24.0 Å². The monoisotopic (exact) mass is 401 g/mol. The van der Waals surface area contributed by atoms with Crippen molar-refractivity contribution in [3.63, 3.8) is 0 Å². The lowest BCUT2D eigenvalue weighted by Crippen LogP contribution is -2.45. The van der Waals surface area contributed by atoms with Gasteiger partial charge in [-0.2, -0.15) is 0 Å². The van der Waals surface area contributed by atoms with Gasteiger partial charge < -0.3 is 20.1 Å². The molecule has 0 fully saturated rings. The number of nitrogens with zero attached hydrogens (tertiary/aromatic N) is 1. The highest BCUT2D eigenvalue weighted by Crippen LogP contribution is 2.20. The normalized spacial score (nSPS) is 13.2. The molecule has 0 spiro atoms. The number of carbonyl (C=O) groups excluding carboxylic acids is 1. The van der Waals surface area contributed by atoms with Crippen molar-refractivity contribution in [2.45, 2.75) is 33.3 Å². The molecule has 0 aliphatic heterocycles. The zero-order chi connectivity index (χ0) is 14.9. The smallest absolute Gasteiger partial charge is 0.307 e. The van der Waals surface area contributed by atoms with E-state index in [0.717, 1.165) is 0 Å². The second kappa shape index (κ2) is 11.1. The molecule has 0 aromatic heterocycles. The fourth-order valence-corrected chi connectivity index (χ4v) is 1.54. The average Bonchev–Trinajstić information content (AvgIpc) is 2.35. The van der Waals surface area contributed by atoms with E-state index in [4.69, 9.17) is 4.74 Å². The summed E-state index contributed by atoms with van der Waals surface area (Å²) in [5.74, 6) is 0.405. The second-order valence-electron chi connectivity index (χ2n) is 5.30. The van der Waals surface area contributed by atoms with Crippen LogP contribution in [0.5, 0.6) is 0 Å². The molecule has 0 amide bonds. The quantitative estimate of drug-likeness (QED) is 0.305. The molecule has 1 atom stereocenters. The maximum absolute atomic E-state index is 11.0. The van der Waals surface area contributed by atoms with E-state index in [9.17, 15) is 4.79 Å². The SMILES string of the molecule is CN=C(NCCC(=O)OC)NCC(OC)C(C)(C)C.I. The number of guanidine groups is 1. The van der Waals surface area contributed by atoms with Crippen molar-refractivity contribution in [1.29, 1.82) is 0 Å². The first-order chi connectivity index (χ1) is 8.85. The summed E-state index contributed by atoms with van der Waals surface area (Å²) in [6.07, 6.45) is 0.385. The van der Waals surface area contributed by atoms with E-state index >= 15 is 0 Å². The zero-order valence-electron chi connectivity index (χ0n) is 13.3. The number of halogens is 1. The Hall–Kier alpha value is -0.570. The highest BCUT2D eigenvalue weighted by Gasteiger charge is 2.24. The number of methoxy groups -OCH3 is 2. The Kier molecular flexibility index (Phi) is 12.1. The van der Waals surface area contributed by atoms with Crippen LogP contribution in [0.3, 0.4) is 0 Å². The first-order valence-electron chi connectivity index (χ1n) is 6.39. The Morgan fingerprint density at radius 2 is 1.85 bits per heavy atom. The van der Waals surface area contributed by atoms with Crippen molar-refractivity contribution in [2.75, 3.05) is 34.4 Å². The van der Waals surface area contributed by atoms with Gasteiger partial charge in [0.05, 0.1) is 19.6 Å². The summed E-state index contributed by atoms with van der Waals surface area (Å²) in [5.41, 5.74) is 0.0482. The number of hydrogen-bond acceptors (Lipinski definition) is 4. The fraction of sp³-hybridized carbons (Fsp3) is 0.846. The maximum atomic E-state index is 11.0. The summed E-state index contributed by atoms with van der Waals surface area (Å²) in [6, 6.07) is 0. The number of nitrogens with one attached hydrogen (secondary N) is 2. The minimum atomic E-state index is -0.243. The molecule has 0 aliphatic rings. The molecule has 0 saturated heterocycles. The third-order valence-corrected chi connectivity index (χ3v) is 2.78. The number of aliphatic imine (C=N–C) groups is 1. The Morgan fingerprint density at radius 3 is 2.25 bits per heavy atom. The van der Waals surface area contributed by atoms with Gasteiger partial charge in [-0.15, -0.1) is 24.0 Å². The van der Waals surface area contributed by atoms with E-state index in [2.05, 4.69) is 41.1 Å². The lowest BCUT2D eigenvalue weighted by Gasteiger charge is -2.30. The molecule has 1 unspecified atom stereocenters. The molecule has 6 nitrogen and oxygen atoms in total. The van der Waals surface area contributed by atoms with Gasteiger partial charge in [0.1, 0.15) is 0 Å². The molecule has 7 heteroatoms. The molecule has 120 valence electrons. The van der Waals surface area contributed by atoms with Crippen molar-refractivity contribution in [1.82, 2.24) is 10.6 Å². The predicted molar refractivity (Wildman–Crippen MR) is 91.7 cm³/mol. The minimum absolute atomic E-state index is 0. The molecule has 0 radical (unpaired) electrons. The lowest BCUT2D eigenvalue weighted by molar-refractivity contribution is -0.140. The van der Waals surface area contributed by atoms with Gasteiger partial charge >= 0.3 is 5.97 Å². The number of esters is 1. The lowest BCUT2D eigenvalue weighted by atomic mass is 9.89. The molecule has 0 aliphatic carbocycles. The number of hydrogen-bond donors (Lipinski definition) is 2. The van der Waals surface area contributed by atoms with Gasteiger partial charge in [-0.05, 0) is 5.41 Å². The summed E-state index contributed by atoms with van der Waals surface area (Å²) < 4.78 is 10.0. The van der Waals surface area contributed by atoms with Crippen molar-refractivity contribution in [2.24, 2.45) is 10.4 Å². The molecule has 0 rings (SSSR count). The zero-order valence-corrected chi connectivity index (χ0v) is 15.6. The van der Waals surface area contributed by atoms with Gasteiger partial charge in [0.25, 0.3) is 0 Å². The molecule has 0 bridgehead atoms. The van der Waals surface area contributed by atoms with Gasteiger partial charge in [-0.25, -0.2) is 0 Å². The summed E-state index contributed by atoms with van der Waals surface area (Å²) >= 11 is 0. The van der Waals surface area contributed by atoms with E-state index in [1.165, 1.54) is 7.11 Å². The van der Waals surface area contributed by atoms with Crippen LogP contribution in [0, 0.1) is 5.41 Å². The molecular weight excluding hydrogens is 373 g/mol. The first-order valence-corrected chi connectivity index (χ1v) is 6.39. The number of ether oxygens (including phenoxy) is 2. The van der Waals surface area contributed by atoms with Crippen LogP contribution in [-0.2, 0) is 14.3 Å². The molecule has 0 saturated carbocycles. The van der Waals surface area contributed by atoms with Crippen LogP contribution < -0.4 is 10.6 Å².